The summed E-state index contributed by atoms with van der Waals surface area (Å²) < 4.78 is 23.2. The van der Waals surface area contributed by atoms with Gasteiger partial charge in [-0.15, -0.1) is 0 Å². The van der Waals surface area contributed by atoms with E-state index in [-0.39, 0.29) is 35.9 Å². The topological polar surface area (TPSA) is 101 Å². The molecule has 0 radical (unpaired) electrons. The number of hydrogen-bond acceptors (Lipinski definition) is 4. The van der Waals surface area contributed by atoms with E-state index in [1.807, 2.05) is 0 Å². The van der Waals surface area contributed by atoms with E-state index >= 15 is 0 Å². The molecular weight excluding hydrogens is 282 g/mol. The zero-order valence-corrected chi connectivity index (χ0v) is 11.9. The summed E-state index contributed by atoms with van der Waals surface area (Å²) in [5, 5.41) is 10.9. The van der Waals surface area contributed by atoms with Crippen molar-refractivity contribution in [3.05, 3.63) is 29.8 Å². The monoisotopic (exact) mass is 299 g/mol. The van der Waals surface area contributed by atoms with Gasteiger partial charge in [0.05, 0.1) is 23.5 Å². The average Bonchev–Trinajstić information content (AvgIpc) is 2.39. The Kier molecular flexibility index (Phi) is 5.69. The maximum Gasteiger partial charge on any atom is 0.305 e. The van der Waals surface area contributed by atoms with Gasteiger partial charge in [-0.25, -0.2) is 8.42 Å². The first kappa shape index (κ1) is 16.2. The number of hydrogen-bond donors (Lipinski definition) is 2. The van der Waals surface area contributed by atoms with Gasteiger partial charge in [0.15, 0.2) is 9.84 Å². The smallest absolute Gasteiger partial charge is 0.305 e. The lowest BCUT2D eigenvalue weighted by Crippen LogP contribution is -2.27. The molecule has 0 unspecified atom stereocenters. The van der Waals surface area contributed by atoms with Gasteiger partial charge in [-0.3, -0.25) is 9.59 Å². The summed E-state index contributed by atoms with van der Waals surface area (Å²) in [7, 11) is -3.23. The number of nitrogens with one attached hydrogen (secondary N) is 1. The third-order valence-corrected chi connectivity index (χ3v) is 4.44. The highest BCUT2D eigenvalue weighted by Gasteiger charge is 2.11. The molecule has 0 aliphatic rings. The summed E-state index contributed by atoms with van der Waals surface area (Å²) >= 11 is 0. The molecule has 6 nitrogen and oxygen atoms in total. The first-order chi connectivity index (χ1) is 9.35. The highest BCUT2D eigenvalue weighted by molar-refractivity contribution is 7.91. The van der Waals surface area contributed by atoms with Crippen LogP contribution in [0.25, 0.3) is 0 Å². The second kappa shape index (κ2) is 7.04. The fraction of sp³-hybridized carbons (Fsp3) is 0.385. The van der Waals surface area contributed by atoms with Crippen molar-refractivity contribution >= 4 is 21.7 Å². The van der Waals surface area contributed by atoms with Crippen LogP contribution in [0.5, 0.6) is 0 Å². The summed E-state index contributed by atoms with van der Waals surface area (Å²) in [6.07, 6.45) is -0.0362. The molecule has 0 spiro atoms. The standard InChI is InChI=1S/C13H17NO5S/c1-2-20(18,19)11-5-3-10(4-6-11)9-12(15)14-8-7-13(16)17/h3-6H,2,7-9H2,1H3,(H,14,15)(H,16,17). The zero-order valence-electron chi connectivity index (χ0n) is 11.1. The second-order valence-electron chi connectivity index (χ2n) is 4.22. The summed E-state index contributed by atoms with van der Waals surface area (Å²) in [4.78, 5) is 22.0. The normalized spacial score (nSPS) is 11.1. The molecule has 0 atom stereocenters. The van der Waals surface area contributed by atoms with Crippen molar-refractivity contribution in [1.29, 1.82) is 0 Å². The number of carboxylic acid groups (broad SMARTS) is 1. The Morgan fingerprint density at radius 2 is 1.80 bits per heavy atom. The van der Waals surface area contributed by atoms with Crippen LogP contribution in [0.3, 0.4) is 0 Å². The summed E-state index contributed by atoms with van der Waals surface area (Å²) in [6, 6.07) is 6.11. The highest BCUT2D eigenvalue weighted by Crippen LogP contribution is 2.12. The molecule has 2 N–H and O–H groups in total. The van der Waals surface area contributed by atoms with E-state index in [1.165, 1.54) is 12.1 Å². The summed E-state index contributed by atoms with van der Waals surface area (Å²) in [5.74, 6) is -1.24. The van der Waals surface area contributed by atoms with E-state index in [4.69, 9.17) is 5.11 Å². The summed E-state index contributed by atoms with van der Waals surface area (Å²) in [5.41, 5.74) is 0.674. The Morgan fingerprint density at radius 1 is 1.20 bits per heavy atom. The minimum absolute atomic E-state index is 0.0298. The van der Waals surface area contributed by atoms with Crippen molar-refractivity contribution in [2.45, 2.75) is 24.7 Å². The third-order valence-electron chi connectivity index (χ3n) is 2.69. The molecular formula is C13H17NO5S. The predicted molar refractivity (Wildman–Crippen MR) is 73.1 cm³/mol. The molecule has 1 rings (SSSR count). The number of rotatable bonds is 7. The average molecular weight is 299 g/mol. The number of carbonyl (C=O) groups is 2. The Morgan fingerprint density at radius 3 is 2.30 bits per heavy atom. The van der Waals surface area contributed by atoms with Crippen molar-refractivity contribution in [3.63, 3.8) is 0 Å². The maximum atomic E-state index is 11.6. The minimum Gasteiger partial charge on any atom is -0.481 e. The van der Waals surface area contributed by atoms with E-state index in [0.29, 0.717) is 5.56 Å². The lowest BCUT2D eigenvalue weighted by Gasteiger charge is -2.05. The lowest BCUT2D eigenvalue weighted by molar-refractivity contribution is -0.136. The molecule has 0 bridgehead atoms. The Bertz CT molecular complexity index is 577. The van der Waals surface area contributed by atoms with Gasteiger partial charge in [0.1, 0.15) is 0 Å². The van der Waals surface area contributed by atoms with Crippen molar-refractivity contribution in [1.82, 2.24) is 5.32 Å². The molecule has 1 aromatic carbocycles. The van der Waals surface area contributed by atoms with Gasteiger partial charge in [-0.1, -0.05) is 19.1 Å². The molecule has 20 heavy (non-hydrogen) atoms. The van der Waals surface area contributed by atoms with E-state index in [9.17, 15) is 18.0 Å². The fourth-order valence-corrected chi connectivity index (χ4v) is 2.42. The van der Waals surface area contributed by atoms with Crippen molar-refractivity contribution in [2.75, 3.05) is 12.3 Å². The number of amides is 1. The SMILES string of the molecule is CCS(=O)(=O)c1ccc(CC(=O)NCCC(=O)O)cc1. The Labute approximate surface area is 117 Å². The van der Waals surface area contributed by atoms with Gasteiger partial charge >= 0.3 is 5.97 Å². The third kappa shape index (κ3) is 5.00. The zero-order chi connectivity index (χ0) is 15.2. The van der Waals surface area contributed by atoms with Crippen LogP contribution in [0.15, 0.2) is 29.2 Å². The Balaban J connectivity index is 2.58. The molecule has 0 aliphatic heterocycles. The molecule has 0 saturated carbocycles. The summed E-state index contributed by atoms with van der Waals surface area (Å²) in [6.45, 7) is 1.65. The van der Waals surface area contributed by atoms with Gasteiger partial charge < -0.3 is 10.4 Å². The van der Waals surface area contributed by atoms with E-state index in [2.05, 4.69) is 5.32 Å². The first-order valence-electron chi connectivity index (χ1n) is 6.15. The van der Waals surface area contributed by atoms with Crippen LogP contribution in [-0.2, 0) is 25.8 Å². The lowest BCUT2D eigenvalue weighted by atomic mass is 10.1. The maximum absolute atomic E-state index is 11.6. The van der Waals surface area contributed by atoms with Crippen molar-refractivity contribution < 1.29 is 23.1 Å². The predicted octanol–water partition coefficient (Wildman–Crippen LogP) is 0.614. The molecule has 0 fully saturated rings. The van der Waals surface area contributed by atoms with Gasteiger partial charge in [0, 0.05) is 6.54 Å². The van der Waals surface area contributed by atoms with Gasteiger partial charge in [-0.2, -0.15) is 0 Å². The molecule has 1 aromatic rings. The van der Waals surface area contributed by atoms with Crippen LogP contribution in [0.2, 0.25) is 0 Å². The second-order valence-corrected chi connectivity index (χ2v) is 6.50. The van der Waals surface area contributed by atoms with Gasteiger partial charge in [0.25, 0.3) is 0 Å². The molecule has 1 amide bonds. The van der Waals surface area contributed by atoms with Crippen LogP contribution in [0, 0.1) is 0 Å². The minimum atomic E-state index is -3.23. The molecule has 0 saturated heterocycles. The Hall–Kier alpha value is -1.89. The quantitative estimate of drug-likeness (QED) is 0.768. The number of carboxylic acids is 1. The number of carbonyl (C=O) groups excluding carboxylic acids is 1. The van der Waals surface area contributed by atoms with Crippen LogP contribution in [0.1, 0.15) is 18.9 Å². The van der Waals surface area contributed by atoms with E-state index in [1.54, 1.807) is 19.1 Å². The number of benzene rings is 1. The van der Waals surface area contributed by atoms with Crippen molar-refractivity contribution in [3.8, 4) is 0 Å². The van der Waals surface area contributed by atoms with Gasteiger partial charge in [-0.05, 0) is 17.7 Å². The number of sulfone groups is 1. The van der Waals surface area contributed by atoms with Gasteiger partial charge in [0.2, 0.25) is 5.91 Å². The van der Waals surface area contributed by atoms with Crippen molar-refractivity contribution in [2.24, 2.45) is 0 Å². The van der Waals surface area contributed by atoms with E-state index < -0.39 is 15.8 Å². The number of aliphatic carboxylic acids is 1. The molecule has 7 heteroatoms. The molecule has 110 valence electrons. The van der Waals surface area contributed by atoms with Crippen LogP contribution >= 0.6 is 0 Å². The van der Waals surface area contributed by atoms with Crippen LogP contribution < -0.4 is 5.32 Å². The molecule has 0 aromatic heterocycles. The molecule has 0 aliphatic carbocycles. The van der Waals surface area contributed by atoms with Crippen LogP contribution in [-0.4, -0.2) is 37.7 Å². The molecule has 0 heterocycles. The van der Waals surface area contributed by atoms with E-state index in [0.717, 1.165) is 0 Å². The largest absolute Gasteiger partial charge is 0.481 e. The van der Waals surface area contributed by atoms with Crippen LogP contribution in [0.4, 0.5) is 0 Å². The fourth-order valence-electron chi connectivity index (χ4n) is 1.54. The first-order valence-corrected chi connectivity index (χ1v) is 7.80. The highest BCUT2D eigenvalue weighted by atomic mass is 32.2.